The molecule has 3 heteroatoms. The van der Waals surface area contributed by atoms with E-state index in [0.717, 1.165) is 13.1 Å². The third-order valence-electron chi connectivity index (χ3n) is 3.79. The van der Waals surface area contributed by atoms with Gasteiger partial charge in [0.25, 0.3) is 0 Å². The second-order valence-corrected chi connectivity index (χ2v) is 5.54. The minimum Gasteiger partial charge on any atom is -0.299 e. The Labute approximate surface area is 101 Å². The number of hydrogen-bond donors (Lipinski definition) is 0. The smallest absolute Gasteiger partial charge is 0.138 e. The van der Waals surface area contributed by atoms with Gasteiger partial charge in [0.15, 0.2) is 0 Å². The zero-order valence-electron chi connectivity index (χ0n) is 10.2. The summed E-state index contributed by atoms with van der Waals surface area (Å²) in [6.45, 7) is 8.30. The van der Waals surface area contributed by atoms with Crippen LogP contribution >= 0.6 is 11.3 Å². The molecule has 0 radical (unpaired) electrons. The van der Waals surface area contributed by atoms with E-state index in [9.17, 15) is 4.79 Å². The van der Waals surface area contributed by atoms with Crippen LogP contribution in [0.5, 0.6) is 0 Å². The molecule has 88 valence electrons. The lowest BCUT2D eigenvalue weighted by Crippen LogP contribution is -2.46. The van der Waals surface area contributed by atoms with Crippen LogP contribution in [0.4, 0.5) is 0 Å². The van der Waals surface area contributed by atoms with Crippen molar-refractivity contribution in [1.82, 2.24) is 4.90 Å². The zero-order valence-corrected chi connectivity index (χ0v) is 11.0. The highest BCUT2D eigenvalue weighted by molar-refractivity contribution is 7.08. The van der Waals surface area contributed by atoms with Crippen LogP contribution in [0.3, 0.4) is 0 Å². The van der Waals surface area contributed by atoms with Gasteiger partial charge in [-0.25, -0.2) is 0 Å². The van der Waals surface area contributed by atoms with E-state index in [1.54, 1.807) is 11.3 Å². The van der Waals surface area contributed by atoms with E-state index in [0.29, 0.717) is 18.2 Å². The van der Waals surface area contributed by atoms with Gasteiger partial charge in [-0.05, 0) is 35.7 Å². The maximum atomic E-state index is 11.6. The summed E-state index contributed by atoms with van der Waals surface area (Å²) in [6.07, 6.45) is 0.717. The van der Waals surface area contributed by atoms with Crippen molar-refractivity contribution in [2.45, 2.75) is 39.8 Å². The molecule has 16 heavy (non-hydrogen) atoms. The second-order valence-electron chi connectivity index (χ2n) is 4.80. The standard InChI is InChI=1S/C13H19NOS/c1-9-7-16-8-12(9)6-14-5-4-13(15)10(2)11(14)3/h7-8,10-11H,4-6H2,1-3H3. The SMILES string of the molecule is Cc1cscc1CN1CCC(=O)C(C)C1C. The lowest BCUT2D eigenvalue weighted by Gasteiger charge is -2.36. The van der Waals surface area contributed by atoms with Gasteiger partial charge in [0.1, 0.15) is 5.78 Å². The summed E-state index contributed by atoms with van der Waals surface area (Å²) in [7, 11) is 0. The Hall–Kier alpha value is -0.670. The van der Waals surface area contributed by atoms with Crippen molar-refractivity contribution in [2.24, 2.45) is 5.92 Å². The Kier molecular flexibility index (Phi) is 3.45. The second kappa shape index (κ2) is 4.68. The Morgan fingerprint density at radius 2 is 2.19 bits per heavy atom. The van der Waals surface area contributed by atoms with E-state index in [1.807, 2.05) is 0 Å². The maximum Gasteiger partial charge on any atom is 0.138 e. The molecule has 2 nitrogen and oxygen atoms in total. The fraction of sp³-hybridized carbons (Fsp3) is 0.615. The fourth-order valence-corrected chi connectivity index (χ4v) is 3.11. The molecule has 0 amide bonds. The van der Waals surface area contributed by atoms with Gasteiger partial charge in [0, 0.05) is 31.5 Å². The minimum absolute atomic E-state index is 0.188. The van der Waals surface area contributed by atoms with Crippen molar-refractivity contribution in [3.8, 4) is 0 Å². The van der Waals surface area contributed by atoms with Crippen molar-refractivity contribution in [1.29, 1.82) is 0 Å². The first-order valence-corrected chi connectivity index (χ1v) is 6.82. The summed E-state index contributed by atoms with van der Waals surface area (Å²) < 4.78 is 0. The van der Waals surface area contributed by atoms with Crippen LogP contribution in [0.1, 0.15) is 31.4 Å². The van der Waals surface area contributed by atoms with Gasteiger partial charge in [-0.3, -0.25) is 9.69 Å². The first kappa shape index (κ1) is 11.8. The zero-order chi connectivity index (χ0) is 11.7. The minimum atomic E-state index is 0.188. The van der Waals surface area contributed by atoms with Crippen LogP contribution in [-0.4, -0.2) is 23.3 Å². The molecule has 2 unspecified atom stereocenters. The number of aryl methyl sites for hydroxylation is 1. The van der Waals surface area contributed by atoms with Gasteiger partial charge < -0.3 is 0 Å². The molecule has 0 spiro atoms. The molecule has 0 saturated carbocycles. The van der Waals surface area contributed by atoms with Crippen LogP contribution in [0.25, 0.3) is 0 Å². The van der Waals surface area contributed by atoms with Crippen molar-refractivity contribution in [3.05, 3.63) is 21.9 Å². The molecule has 0 bridgehead atoms. The highest BCUT2D eigenvalue weighted by Crippen LogP contribution is 2.24. The molecule has 2 heterocycles. The van der Waals surface area contributed by atoms with E-state index in [2.05, 4.69) is 36.4 Å². The number of carbonyl (C=O) groups is 1. The average molecular weight is 237 g/mol. The van der Waals surface area contributed by atoms with E-state index in [-0.39, 0.29) is 5.92 Å². The van der Waals surface area contributed by atoms with E-state index < -0.39 is 0 Å². The molecule has 1 aliphatic rings. The number of rotatable bonds is 2. The Morgan fingerprint density at radius 1 is 1.44 bits per heavy atom. The predicted molar refractivity (Wildman–Crippen MR) is 67.7 cm³/mol. The molecular weight excluding hydrogens is 218 g/mol. The molecule has 1 aromatic heterocycles. The number of thiophene rings is 1. The molecule has 2 atom stereocenters. The third-order valence-corrected chi connectivity index (χ3v) is 4.70. The summed E-state index contributed by atoms with van der Waals surface area (Å²) in [5, 5.41) is 4.42. The molecule has 1 aromatic rings. The lowest BCUT2D eigenvalue weighted by atomic mass is 9.90. The number of carbonyl (C=O) groups excluding carboxylic acids is 1. The van der Waals surface area contributed by atoms with Crippen molar-refractivity contribution < 1.29 is 4.79 Å². The largest absolute Gasteiger partial charge is 0.299 e. The topological polar surface area (TPSA) is 20.3 Å². The molecule has 1 aliphatic heterocycles. The third kappa shape index (κ3) is 2.20. The van der Waals surface area contributed by atoms with Gasteiger partial charge in [0.2, 0.25) is 0 Å². The molecule has 1 saturated heterocycles. The Balaban J connectivity index is 2.06. The van der Waals surface area contributed by atoms with Crippen LogP contribution in [0, 0.1) is 12.8 Å². The van der Waals surface area contributed by atoms with E-state index >= 15 is 0 Å². The summed E-state index contributed by atoms with van der Waals surface area (Å²) in [6, 6.07) is 0.376. The van der Waals surface area contributed by atoms with Gasteiger partial charge in [-0.1, -0.05) is 6.92 Å². The number of ketones is 1. The molecule has 0 N–H and O–H groups in total. The fourth-order valence-electron chi connectivity index (χ4n) is 2.26. The van der Waals surface area contributed by atoms with Crippen LogP contribution < -0.4 is 0 Å². The summed E-state index contributed by atoms with van der Waals surface area (Å²) in [4.78, 5) is 14.0. The first-order valence-electron chi connectivity index (χ1n) is 5.88. The van der Waals surface area contributed by atoms with Gasteiger partial charge in [-0.2, -0.15) is 11.3 Å². The van der Waals surface area contributed by atoms with Gasteiger partial charge >= 0.3 is 0 Å². The molecule has 0 aliphatic carbocycles. The summed E-state index contributed by atoms with van der Waals surface area (Å²) in [5.74, 6) is 0.610. The number of likely N-dealkylation sites (tertiary alicyclic amines) is 1. The first-order chi connectivity index (χ1) is 7.59. The van der Waals surface area contributed by atoms with Crippen molar-refractivity contribution in [3.63, 3.8) is 0 Å². The Morgan fingerprint density at radius 3 is 2.81 bits per heavy atom. The van der Waals surface area contributed by atoms with Crippen LogP contribution in [0.15, 0.2) is 10.8 Å². The van der Waals surface area contributed by atoms with Crippen LogP contribution in [-0.2, 0) is 11.3 Å². The highest BCUT2D eigenvalue weighted by Gasteiger charge is 2.30. The number of nitrogens with zero attached hydrogens (tertiary/aromatic N) is 1. The number of Topliss-reactive ketones (excluding diaryl/α,β-unsaturated/α-hetero) is 1. The van der Waals surface area contributed by atoms with E-state index in [1.165, 1.54) is 11.1 Å². The maximum absolute atomic E-state index is 11.6. The van der Waals surface area contributed by atoms with E-state index in [4.69, 9.17) is 0 Å². The number of hydrogen-bond acceptors (Lipinski definition) is 3. The monoisotopic (exact) mass is 237 g/mol. The van der Waals surface area contributed by atoms with Crippen molar-refractivity contribution >= 4 is 17.1 Å². The number of piperidine rings is 1. The summed E-state index contributed by atoms with van der Waals surface area (Å²) in [5.41, 5.74) is 2.79. The predicted octanol–water partition coefficient (Wildman–Crippen LogP) is 2.86. The summed E-state index contributed by atoms with van der Waals surface area (Å²) >= 11 is 1.76. The highest BCUT2D eigenvalue weighted by atomic mass is 32.1. The van der Waals surface area contributed by atoms with Crippen molar-refractivity contribution in [2.75, 3.05) is 6.54 Å². The average Bonchev–Trinajstić information content (AvgIpc) is 2.65. The molecule has 0 aromatic carbocycles. The van der Waals surface area contributed by atoms with Gasteiger partial charge in [-0.15, -0.1) is 0 Å². The lowest BCUT2D eigenvalue weighted by molar-refractivity contribution is -0.128. The van der Waals surface area contributed by atoms with Gasteiger partial charge in [0.05, 0.1) is 0 Å². The normalized spacial score (nSPS) is 27.3. The molecule has 2 rings (SSSR count). The van der Waals surface area contributed by atoms with Crippen LogP contribution in [0.2, 0.25) is 0 Å². The quantitative estimate of drug-likeness (QED) is 0.788. The molecule has 1 fully saturated rings. The Bertz CT molecular complexity index is 385. The molecular formula is C13H19NOS.